The van der Waals surface area contributed by atoms with Crippen molar-refractivity contribution in [3.63, 3.8) is 0 Å². The van der Waals surface area contributed by atoms with Gasteiger partial charge in [-0.05, 0) is 140 Å². The highest BCUT2D eigenvalue weighted by Gasteiger charge is 2.51. The number of anilines is 1. The molecule has 4 rings (SSSR count). The van der Waals surface area contributed by atoms with Crippen molar-refractivity contribution in [1.29, 1.82) is 0 Å². The highest BCUT2D eigenvalue weighted by atomic mass is 16.5. The third kappa shape index (κ3) is 15.8. The molecular weight excluding hydrogens is 1020 g/mol. The molecule has 1 aromatic heterocycles. The SMILES string of the molecule is CCC(C)(C)C(=O)NCCCC(CC)(CC)C(=O)NC1=NC(=Cc2[nH]c(NC(=O)C(CC)(CC)CC)c(C(=O)OC3C(C(C)(C)C)CC(C)CC3C(C)(C)C)c2C(C)C)C(C(C)C)=C1C(=O)OC1C(C(C)(C)C)CC(C)CC1C(C)(C)C. The molecule has 4 N–H and O–H groups in total. The minimum Gasteiger partial charge on any atom is -0.458 e. The molecule has 3 aliphatic rings. The van der Waals surface area contributed by atoms with Crippen LogP contribution in [0.2, 0.25) is 0 Å². The molecule has 2 fully saturated rings. The Morgan fingerprint density at radius 2 is 0.988 bits per heavy atom. The standard InChI is InChI=1S/C70H119N5O7/c1-27-68(25,26)61(78)71-35-33-34-70(31-5,32-6)63(80)75-58-54(60(77)82-56-47(66(19,20)21)38-44(12)39-48(56)67(22,23)24)52(42(9)10)50(73-58)40-49-51(41(7)8)53(57(72-49)74-62(79)69(28-2,29-3)30-4)59(76)81-55-45(64(13,14)15)36-43(11)37-46(55)65(16,17)18/h40-48,55-56,72H,27-39H2,1-26H3,(H,71,78)(H,74,79)(H,73,75,80). The first-order chi connectivity index (χ1) is 37.6. The lowest BCUT2D eigenvalue weighted by Crippen LogP contribution is -2.50. The number of aromatic amines is 1. The molecule has 2 heterocycles. The van der Waals surface area contributed by atoms with Crippen LogP contribution in [0.25, 0.3) is 6.08 Å². The van der Waals surface area contributed by atoms with Crippen molar-refractivity contribution in [2.24, 2.45) is 84.3 Å². The van der Waals surface area contributed by atoms with E-state index in [2.05, 4.69) is 118 Å². The summed E-state index contributed by atoms with van der Waals surface area (Å²) in [7, 11) is 0. The van der Waals surface area contributed by atoms with Crippen LogP contribution < -0.4 is 16.0 Å². The van der Waals surface area contributed by atoms with Crippen LogP contribution in [0.3, 0.4) is 0 Å². The number of aliphatic imine (C=N–C) groups is 1. The number of carbonyl (C=O) groups is 5. The molecule has 0 aromatic carbocycles. The van der Waals surface area contributed by atoms with Crippen LogP contribution in [0.1, 0.15) is 285 Å². The summed E-state index contributed by atoms with van der Waals surface area (Å²) in [4.78, 5) is 83.3. The summed E-state index contributed by atoms with van der Waals surface area (Å²) >= 11 is 0. The minimum atomic E-state index is -0.840. The molecule has 0 saturated heterocycles. The van der Waals surface area contributed by atoms with Gasteiger partial charge in [0.25, 0.3) is 0 Å². The molecule has 0 bridgehead atoms. The van der Waals surface area contributed by atoms with E-state index in [1.807, 2.05) is 89.2 Å². The minimum absolute atomic E-state index is 0.0126. The monoisotopic (exact) mass is 1140 g/mol. The third-order valence-electron chi connectivity index (χ3n) is 20.5. The van der Waals surface area contributed by atoms with Gasteiger partial charge >= 0.3 is 11.9 Å². The normalized spacial score (nSPS) is 24.0. The number of carbonyl (C=O) groups excluding carboxylic acids is 5. The zero-order chi connectivity index (χ0) is 62.6. The topological polar surface area (TPSA) is 168 Å². The Bertz CT molecular complexity index is 2450. The lowest BCUT2D eigenvalue weighted by atomic mass is 9.59. The number of amides is 3. The van der Waals surface area contributed by atoms with Gasteiger partial charge in [-0.3, -0.25) is 14.4 Å². The Kier molecular flexibility index (Phi) is 23.1. The van der Waals surface area contributed by atoms with Gasteiger partial charge in [-0.1, -0.05) is 180 Å². The molecule has 0 radical (unpaired) electrons. The van der Waals surface area contributed by atoms with Gasteiger partial charge in [-0.2, -0.15) is 0 Å². The molecule has 12 heteroatoms. The highest BCUT2D eigenvalue weighted by molar-refractivity contribution is 6.26. The first-order valence-electron chi connectivity index (χ1n) is 32.3. The van der Waals surface area contributed by atoms with E-state index >= 15 is 14.4 Å². The van der Waals surface area contributed by atoms with Crippen molar-refractivity contribution in [3.8, 4) is 0 Å². The van der Waals surface area contributed by atoms with E-state index in [1.165, 1.54) is 0 Å². The number of hydrogen-bond acceptors (Lipinski definition) is 8. The van der Waals surface area contributed by atoms with Crippen LogP contribution in [0.4, 0.5) is 5.82 Å². The summed E-state index contributed by atoms with van der Waals surface area (Å²) in [5.41, 5.74) is 0.102. The van der Waals surface area contributed by atoms with E-state index in [-0.39, 0.29) is 104 Å². The van der Waals surface area contributed by atoms with Crippen molar-refractivity contribution < 1.29 is 33.4 Å². The zero-order valence-electron chi connectivity index (χ0n) is 56.8. The average Bonchev–Trinajstić information content (AvgIpc) is 4.02. The second-order valence-electron chi connectivity index (χ2n) is 31.4. The van der Waals surface area contributed by atoms with E-state index in [9.17, 15) is 9.59 Å². The Labute approximate surface area is 499 Å². The van der Waals surface area contributed by atoms with Crippen LogP contribution in [0, 0.1) is 79.3 Å². The lowest BCUT2D eigenvalue weighted by Gasteiger charge is -2.50. The Morgan fingerprint density at radius 1 is 0.573 bits per heavy atom. The van der Waals surface area contributed by atoms with E-state index in [4.69, 9.17) is 14.5 Å². The molecule has 2 saturated carbocycles. The smallest absolute Gasteiger partial charge is 0.342 e. The Morgan fingerprint density at radius 3 is 1.37 bits per heavy atom. The summed E-state index contributed by atoms with van der Waals surface area (Å²) < 4.78 is 14.0. The number of amidine groups is 1. The predicted molar refractivity (Wildman–Crippen MR) is 339 cm³/mol. The van der Waals surface area contributed by atoms with Crippen molar-refractivity contribution in [2.75, 3.05) is 11.9 Å². The van der Waals surface area contributed by atoms with Gasteiger partial charge in [0.05, 0.1) is 5.70 Å². The number of nitrogens with zero attached hydrogens (tertiary/aromatic N) is 1. The number of rotatable bonds is 21. The van der Waals surface area contributed by atoms with Crippen molar-refractivity contribution in [1.82, 2.24) is 15.6 Å². The molecule has 12 nitrogen and oxygen atoms in total. The van der Waals surface area contributed by atoms with Gasteiger partial charge in [0, 0.05) is 52.2 Å². The molecule has 1 aromatic rings. The van der Waals surface area contributed by atoms with E-state index in [1.54, 1.807) is 0 Å². The van der Waals surface area contributed by atoms with Gasteiger partial charge in [-0.25, -0.2) is 14.6 Å². The molecule has 3 amide bonds. The maximum atomic E-state index is 15.7. The van der Waals surface area contributed by atoms with Crippen molar-refractivity contribution in [2.45, 2.75) is 275 Å². The number of nitrogens with one attached hydrogen (secondary N) is 4. The van der Waals surface area contributed by atoms with Gasteiger partial charge < -0.3 is 30.4 Å². The van der Waals surface area contributed by atoms with E-state index in [0.29, 0.717) is 92.3 Å². The van der Waals surface area contributed by atoms with Crippen LogP contribution in [0.15, 0.2) is 21.8 Å². The lowest BCUT2D eigenvalue weighted by molar-refractivity contribution is -0.164. The van der Waals surface area contributed by atoms with Crippen LogP contribution >= 0.6 is 0 Å². The zero-order valence-corrected chi connectivity index (χ0v) is 56.8. The number of aromatic nitrogens is 1. The maximum absolute atomic E-state index is 15.7. The van der Waals surface area contributed by atoms with Crippen LogP contribution in [-0.2, 0) is 28.7 Å². The fourth-order valence-corrected chi connectivity index (χ4v) is 14.1. The van der Waals surface area contributed by atoms with Crippen molar-refractivity contribution in [3.05, 3.63) is 33.7 Å². The molecule has 2 aliphatic carbocycles. The Balaban J connectivity index is 2.07. The number of H-pyrrole nitrogens is 1. The van der Waals surface area contributed by atoms with Crippen LogP contribution in [0.5, 0.6) is 0 Å². The first-order valence-corrected chi connectivity index (χ1v) is 32.3. The summed E-state index contributed by atoms with van der Waals surface area (Å²) in [6.07, 6.45) is 9.47. The fourth-order valence-electron chi connectivity index (χ4n) is 14.1. The van der Waals surface area contributed by atoms with Crippen molar-refractivity contribution >= 4 is 47.4 Å². The molecule has 1 aliphatic heterocycles. The van der Waals surface area contributed by atoms with E-state index in [0.717, 1.165) is 25.7 Å². The molecular formula is C70H119N5O7. The quantitative estimate of drug-likeness (QED) is 0.0702. The number of esters is 2. The summed E-state index contributed by atoms with van der Waals surface area (Å²) in [6.45, 7) is 56.1. The molecule has 82 heavy (non-hydrogen) atoms. The Hall–Kier alpha value is -4.22. The number of ether oxygens (including phenoxy) is 2. The highest BCUT2D eigenvalue weighted by Crippen LogP contribution is 2.52. The predicted octanol–water partition coefficient (Wildman–Crippen LogP) is 17.2. The number of allylic oxidation sites excluding steroid dienone is 1. The molecule has 0 spiro atoms. The average molecular weight is 1140 g/mol. The molecule has 466 valence electrons. The summed E-state index contributed by atoms with van der Waals surface area (Å²) in [6, 6.07) is 0. The summed E-state index contributed by atoms with van der Waals surface area (Å²) in [5, 5.41) is 9.64. The molecule has 4 unspecified atom stereocenters. The van der Waals surface area contributed by atoms with Gasteiger partial charge in [-0.15, -0.1) is 0 Å². The second kappa shape index (κ2) is 27.0. The second-order valence-corrected chi connectivity index (χ2v) is 31.4. The summed E-state index contributed by atoms with van der Waals surface area (Å²) in [5.74, 6) is -0.376. The van der Waals surface area contributed by atoms with Crippen LogP contribution in [-0.4, -0.2) is 59.2 Å². The number of hydrogen-bond donors (Lipinski definition) is 4. The third-order valence-corrected chi connectivity index (χ3v) is 20.5. The maximum Gasteiger partial charge on any atom is 0.342 e. The molecule has 4 atom stereocenters. The van der Waals surface area contributed by atoms with Gasteiger partial charge in [0.2, 0.25) is 17.7 Å². The van der Waals surface area contributed by atoms with Gasteiger partial charge in [0.1, 0.15) is 35.0 Å². The largest absolute Gasteiger partial charge is 0.458 e. The van der Waals surface area contributed by atoms with E-state index < -0.39 is 34.3 Å². The van der Waals surface area contributed by atoms with Gasteiger partial charge in [0.15, 0.2) is 0 Å². The fraction of sp³-hybridized carbons (Fsp3) is 0.800. The first kappa shape index (κ1) is 70.3.